The zero-order valence-corrected chi connectivity index (χ0v) is 23.8. The standard InChI is InChI=1S/3C8H6O4.CH4O.2H3P/c3*9-7(10)5-3-1-2-4-6(5)8(11)12;1-2;;/h3*1-4H,(H,9,10)(H,11,12);2H,1H3;2*1H3. The van der Waals surface area contributed by atoms with Crippen molar-refractivity contribution in [3.05, 3.63) is 106 Å². The lowest BCUT2D eigenvalue weighted by atomic mass is 10.1. The maximum absolute atomic E-state index is 10.5. The Balaban J connectivity index is -0.000000485. The second-order valence-electron chi connectivity index (χ2n) is 6.47. The van der Waals surface area contributed by atoms with E-state index in [0.717, 1.165) is 7.11 Å². The van der Waals surface area contributed by atoms with Crippen LogP contribution in [0, 0.1) is 0 Å². The van der Waals surface area contributed by atoms with Crippen LogP contribution >= 0.6 is 19.8 Å². The second-order valence-corrected chi connectivity index (χ2v) is 6.47. The number of aliphatic hydroxyl groups is 1. The van der Waals surface area contributed by atoms with E-state index in [4.69, 9.17) is 35.7 Å². The molecule has 0 aliphatic rings. The molecule has 2 atom stereocenters. The fourth-order valence-electron chi connectivity index (χ4n) is 2.57. The molecule has 13 nitrogen and oxygen atoms in total. The molecule has 0 aliphatic heterocycles. The monoisotopic (exact) mass is 598 g/mol. The van der Waals surface area contributed by atoms with Gasteiger partial charge in [0.25, 0.3) is 0 Å². The van der Waals surface area contributed by atoms with Crippen molar-refractivity contribution in [3.8, 4) is 0 Å². The Morgan fingerprint density at radius 1 is 0.350 bits per heavy atom. The first-order chi connectivity index (χ1) is 17.9. The molecule has 0 fully saturated rings. The lowest BCUT2D eigenvalue weighted by Crippen LogP contribution is -2.06. The number of hydrogen-bond acceptors (Lipinski definition) is 7. The number of hydrogen-bond donors (Lipinski definition) is 7. The second kappa shape index (κ2) is 20.3. The quantitative estimate of drug-likeness (QED) is 0.202. The lowest BCUT2D eigenvalue weighted by Gasteiger charge is -1.98. The van der Waals surface area contributed by atoms with Gasteiger partial charge in [0, 0.05) is 7.11 Å². The van der Waals surface area contributed by atoms with Gasteiger partial charge in [-0.3, -0.25) is 0 Å². The minimum atomic E-state index is -1.23. The summed E-state index contributed by atoms with van der Waals surface area (Å²) in [5, 5.41) is 58.3. The van der Waals surface area contributed by atoms with Crippen LogP contribution in [0.25, 0.3) is 0 Å². The molecule has 40 heavy (non-hydrogen) atoms. The summed E-state index contributed by atoms with van der Waals surface area (Å²) in [4.78, 5) is 62.8. The third-order valence-electron chi connectivity index (χ3n) is 4.16. The van der Waals surface area contributed by atoms with E-state index in [9.17, 15) is 28.8 Å². The van der Waals surface area contributed by atoms with Crippen molar-refractivity contribution in [2.24, 2.45) is 0 Å². The Bertz CT molecular complexity index is 1060. The average Bonchev–Trinajstić information content (AvgIpc) is 2.90. The van der Waals surface area contributed by atoms with Gasteiger partial charge in [-0.15, -0.1) is 0 Å². The summed E-state index contributed by atoms with van der Waals surface area (Å²) in [5.74, 6) is -7.37. The summed E-state index contributed by atoms with van der Waals surface area (Å²) >= 11 is 0. The predicted octanol–water partition coefficient (Wildman–Crippen LogP) is 2.97. The number of rotatable bonds is 6. The summed E-state index contributed by atoms with van der Waals surface area (Å²) in [6.07, 6.45) is 0. The van der Waals surface area contributed by atoms with Crippen molar-refractivity contribution in [2.75, 3.05) is 7.11 Å². The molecule has 0 aromatic heterocycles. The molecule has 2 unspecified atom stereocenters. The third-order valence-corrected chi connectivity index (χ3v) is 4.16. The zero-order chi connectivity index (χ0) is 29.4. The Morgan fingerprint density at radius 3 is 0.525 bits per heavy atom. The Morgan fingerprint density at radius 2 is 0.450 bits per heavy atom. The van der Waals surface area contributed by atoms with Crippen LogP contribution in [0.15, 0.2) is 72.8 Å². The fraction of sp³-hybridized carbons (Fsp3) is 0.0400. The number of aromatic carboxylic acids is 6. The molecule has 3 aromatic rings. The molecule has 0 radical (unpaired) electrons. The summed E-state index contributed by atoms with van der Waals surface area (Å²) in [7, 11) is 1.00. The number of carboxylic acids is 6. The highest BCUT2D eigenvalue weighted by Gasteiger charge is 2.15. The molecule has 3 rings (SSSR count). The Hall–Kier alpha value is -4.70. The van der Waals surface area contributed by atoms with Gasteiger partial charge in [0.05, 0.1) is 33.4 Å². The van der Waals surface area contributed by atoms with Crippen LogP contribution < -0.4 is 0 Å². The predicted molar refractivity (Wildman–Crippen MR) is 151 cm³/mol. The van der Waals surface area contributed by atoms with E-state index in [1.54, 1.807) is 0 Å². The summed E-state index contributed by atoms with van der Waals surface area (Å²) in [6, 6.07) is 16.4. The van der Waals surface area contributed by atoms with Crippen molar-refractivity contribution < 1.29 is 64.5 Å². The van der Waals surface area contributed by atoms with E-state index in [-0.39, 0.29) is 53.2 Å². The van der Waals surface area contributed by atoms with Crippen LogP contribution in [0.3, 0.4) is 0 Å². The lowest BCUT2D eigenvalue weighted by molar-refractivity contribution is 0.0651. The largest absolute Gasteiger partial charge is 0.478 e. The SMILES string of the molecule is CO.O=C(O)c1ccccc1C(=O)O.O=C(O)c1ccccc1C(=O)O.O=C(O)c1ccccc1C(=O)O.P.P. The van der Waals surface area contributed by atoms with Crippen LogP contribution in [0.2, 0.25) is 0 Å². The van der Waals surface area contributed by atoms with Gasteiger partial charge >= 0.3 is 35.8 Å². The van der Waals surface area contributed by atoms with Crippen molar-refractivity contribution in [3.63, 3.8) is 0 Å². The maximum atomic E-state index is 10.5. The van der Waals surface area contributed by atoms with Crippen LogP contribution in [0.1, 0.15) is 62.1 Å². The molecular weight excluding hydrogens is 570 g/mol. The molecule has 216 valence electrons. The topological polar surface area (TPSA) is 244 Å². The molecule has 0 bridgehead atoms. The van der Waals surface area contributed by atoms with Crippen molar-refractivity contribution in [1.82, 2.24) is 0 Å². The molecule has 0 spiro atoms. The first-order valence-electron chi connectivity index (χ1n) is 10.00. The van der Waals surface area contributed by atoms with Gasteiger partial charge in [0.15, 0.2) is 0 Å². The molecule has 0 amide bonds. The van der Waals surface area contributed by atoms with Gasteiger partial charge in [0.2, 0.25) is 0 Å². The van der Waals surface area contributed by atoms with Crippen LogP contribution in [-0.4, -0.2) is 78.7 Å². The van der Waals surface area contributed by atoms with Gasteiger partial charge in [-0.05, 0) is 36.4 Å². The minimum Gasteiger partial charge on any atom is -0.478 e. The molecule has 0 saturated heterocycles. The van der Waals surface area contributed by atoms with Crippen LogP contribution in [0.4, 0.5) is 0 Å². The van der Waals surface area contributed by atoms with E-state index >= 15 is 0 Å². The van der Waals surface area contributed by atoms with E-state index in [1.165, 1.54) is 72.8 Å². The van der Waals surface area contributed by atoms with Gasteiger partial charge in [-0.2, -0.15) is 19.8 Å². The highest BCUT2D eigenvalue weighted by atomic mass is 31.0. The summed E-state index contributed by atoms with van der Waals surface area (Å²) in [5.41, 5.74) is -1.14. The Kier molecular flexibility index (Phi) is 20.2. The zero-order valence-electron chi connectivity index (χ0n) is 20.9. The van der Waals surface area contributed by atoms with E-state index in [1.807, 2.05) is 0 Å². The third kappa shape index (κ3) is 12.7. The number of aliphatic hydroxyl groups excluding tert-OH is 1. The average molecular weight is 598 g/mol. The van der Waals surface area contributed by atoms with E-state index in [2.05, 4.69) is 0 Å². The molecule has 3 aromatic carbocycles. The molecule has 7 N–H and O–H groups in total. The highest BCUT2D eigenvalue weighted by molar-refractivity contribution is 6.92. The molecule has 0 saturated carbocycles. The van der Waals surface area contributed by atoms with Gasteiger partial charge in [0.1, 0.15) is 0 Å². The highest BCUT2D eigenvalue weighted by Crippen LogP contribution is 2.09. The van der Waals surface area contributed by atoms with Gasteiger partial charge < -0.3 is 35.7 Å². The van der Waals surface area contributed by atoms with Crippen molar-refractivity contribution >= 4 is 55.6 Å². The minimum absolute atomic E-state index is 0. The first kappa shape index (κ1) is 39.8. The van der Waals surface area contributed by atoms with E-state index in [0.29, 0.717) is 0 Å². The fourth-order valence-corrected chi connectivity index (χ4v) is 2.57. The smallest absolute Gasteiger partial charge is 0.336 e. The normalized spacial score (nSPS) is 8.55. The maximum Gasteiger partial charge on any atom is 0.336 e. The number of carbonyl (C=O) groups is 6. The van der Waals surface area contributed by atoms with E-state index < -0.39 is 35.8 Å². The van der Waals surface area contributed by atoms with Crippen LogP contribution in [-0.2, 0) is 0 Å². The van der Waals surface area contributed by atoms with Crippen LogP contribution in [0.5, 0.6) is 0 Å². The molecule has 15 heteroatoms. The van der Waals surface area contributed by atoms with Crippen molar-refractivity contribution in [2.45, 2.75) is 0 Å². The molecule has 0 aliphatic carbocycles. The van der Waals surface area contributed by atoms with Gasteiger partial charge in [-0.1, -0.05) is 36.4 Å². The summed E-state index contributed by atoms with van der Waals surface area (Å²) < 4.78 is 0. The number of benzene rings is 3. The molecule has 0 heterocycles. The molecular formula is C25H28O13P2. The number of carboxylic acid groups (broad SMARTS) is 6. The Labute approximate surface area is 233 Å². The first-order valence-corrected chi connectivity index (χ1v) is 10.00. The van der Waals surface area contributed by atoms with Gasteiger partial charge in [-0.25, -0.2) is 28.8 Å². The summed E-state index contributed by atoms with van der Waals surface area (Å²) in [6.45, 7) is 0. The van der Waals surface area contributed by atoms with Crippen molar-refractivity contribution in [1.29, 1.82) is 0 Å².